The lowest BCUT2D eigenvalue weighted by Crippen LogP contribution is -2.09. The molecule has 2 heterocycles. The van der Waals surface area contributed by atoms with E-state index in [0.717, 1.165) is 51.6 Å². The Morgan fingerprint density at radius 1 is 0.355 bits per heavy atom. The van der Waals surface area contributed by atoms with Gasteiger partial charge >= 0.3 is 30.9 Å². The molecule has 0 fully saturated rings. The molecule has 0 aliphatic heterocycles. The smallest absolute Gasteiger partial charge is 0.309 e. The zero-order valence-corrected chi connectivity index (χ0v) is 30.3. The van der Waals surface area contributed by atoms with Crippen LogP contribution in [-0.2, 0) is 30.9 Å². The zero-order chi connectivity index (χ0) is 45.1. The predicted molar refractivity (Wildman–Crippen MR) is 195 cm³/mol. The molecule has 0 bridgehead atoms. The van der Waals surface area contributed by atoms with Gasteiger partial charge in [-0.05, 0) is 84.4 Å². The van der Waals surface area contributed by atoms with Gasteiger partial charge in [0.2, 0.25) is 0 Å². The molecule has 0 aliphatic carbocycles. The number of alkyl halides is 15. The lowest BCUT2D eigenvalue weighted by Gasteiger charge is -2.20. The van der Waals surface area contributed by atoms with Gasteiger partial charge in [0.1, 0.15) is 6.07 Å². The first-order valence-corrected chi connectivity index (χ1v) is 17.5. The molecule has 2 aromatic heterocycles. The van der Waals surface area contributed by atoms with Gasteiger partial charge in [0.25, 0.3) is 0 Å². The quantitative estimate of drug-likeness (QED) is 0.166. The summed E-state index contributed by atoms with van der Waals surface area (Å²) < 4.78 is 215. The third kappa shape index (κ3) is 6.96. The number of rotatable bonds is 3. The second-order valence-corrected chi connectivity index (χ2v) is 14.0. The molecule has 62 heavy (non-hydrogen) atoms. The van der Waals surface area contributed by atoms with E-state index in [-0.39, 0.29) is 21.5 Å². The second-order valence-electron chi connectivity index (χ2n) is 14.0. The minimum Gasteiger partial charge on any atom is -0.309 e. The standard InChI is InChI=1S/C43H17F15N4/c44-39(45,46)23-1-5-28-29-6-2-24(40(47,48)49)14-36(29)61(35(28)13-23)33-17-32(21-9-20(18-59)10-27(11-21)43(56,57)58)34(12-22(33)19-60)62-37-15-25(41(50,51)52)3-7-30(37)31-8-4-26(16-38(31)62)42(53,54)55/h1-17H. The molecule has 0 atom stereocenters. The Hall–Kier alpha value is -7.15. The van der Waals surface area contributed by atoms with Crippen molar-refractivity contribution in [2.75, 3.05) is 0 Å². The summed E-state index contributed by atoms with van der Waals surface area (Å²) in [4.78, 5) is 0. The summed E-state index contributed by atoms with van der Waals surface area (Å²) in [6, 6.07) is 15.3. The first-order valence-electron chi connectivity index (χ1n) is 17.5. The highest BCUT2D eigenvalue weighted by atomic mass is 19.4. The number of hydrogen-bond acceptors (Lipinski definition) is 2. The molecule has 0 amide bonds. The van der Waals surface area contributed by atoms with E-state index in [4.69, 9.17) is 0 Å². The lowest BCUT2D eigenvalue weighted by molar-refractivity contribution is -0.138. The van der Waals surface area contributed by atoms with Crippen LogP contribution >= 0.6 is 0 Å². The Kier molecular flexibility index (Phi) is 9.18. The van der Waals surface area contributed by atoms with Crippen LogP contribution in [0, 0.1) is 22.7 Å². The topological polar surface area (TPSA) is 57.4 Å². The summed E-state index contributed by atoms with van der Waals surface area (Å²) in [7, 11) is 0. The number of halogens is 15. The van der Waals surface area contributed by atoms with E-state index >= 15 is 0 Å². The Morgan fingerprint density at radius 2 is 0.710 bits per heavy atom. The van der Waals surface area contributed by atoms with Crippen LogP contribution in [0.3, 0.4) is 0 Å². The van der Waals surface area contributed by atoms with Crippen LogP contribution in [0.5, 0.6) is 0 Å². The number of nitriles is 2. The SMILES string of the molecule is N#Cc1cc(-c2cc(-n3c4cc(C(F)(F)F)ccc4c4ccc(C(F)(F)F)cc43)c(C#N)cc2-n2c3cc(C(F)(F)F)ccc3c3ccc(C(F)(F)F)cc32)cc(C(F)(F)F)c1. The maximum Gasteiger partial charge on any atom is 0.416 e. The molecule has 0 radical (unpaired) electrons. The highest BCUT2D eigenvalue weighted by molar-refractivity contribution is 6.11. The normalized spacial score (nSPS) is 13.0. The highest BCUT2D eigenvalue weighted by Crippen LogP contribution is 2.46. The lowest BCUT2D eigenvalue weighted by atomic mass is 9.95. The second kappa shape index (κ2) is 13.7. The highest BCUT2D eigenvalue weighted by Gasteiger charge is 2.37. The molecule has 314 valence electrons. The van der Waals surface area contributed by atoms with Crippen molar-refractivity contribution >= 4 is 43.6 Å². The van der Waals surface area contributed by atoms with Crippen LogP contribution < -0.4 is 0 Å². The largest absolute Gasteiger partial charge is 0.416 e. The molecule has 4 nitrogen and oxygen atoms in total. The number of aromatic nitrogens is 2. The van der Waals surface area contributed by atoms with Gasteiger partial charge in [0.15, 0.2) is 0 Å². The van der Waals surface area contributed by atoms with Crippen LogP contribution in [0.15, 0.2) is 103 Å². The molecule has 0 saturated heterocycles. The van der Waals surface area contributed by atoms with Gasteiger partial charge in [-0.1, -0.05) is 24.3 Å². The molecule has 0 spiro atoms. The van der Waals surface area contributed by atoms with Crippen molar-refractivity contribution < 1.29 is 65.9 Å². The average molecular weight is 875 g/mol. The number of benzene rings is 6. The molecule has 0 aliphatic rings. The minimum absolute atomic E-state index is 0.0798. The van der Waals surface area contributed by atoms with Gasteiger partial charge < -0.3 is 9.13 Å². The average Bonchev–Trinajstić information content (AvgIpc) is 3.69. The monoisotopic (exact) mass is 874 g/mol. The van der Waals surface area contributed by atoms with E-state index in [0.29, 0.717) is 60.7 Å². The van der Waals surface area contributed by atoms with Crippen molar-refractivity contribution in [2.24, 2.45) is 0 Å². The van der Waals surface area contributed by atoms with E-state index in [2.05, 4.69) is 0 Å². The van der Waals surface area contributed by atoms with Crippen molar-refractivity contribution in [3.8, 4) is 34.6 Å². The van der Waals surface area contributed by atoms with Crippen molar-refractivity contribution in [1.82, 2.24) is 9.13 Å². The minimum atomic E-state index is -5.18. The van der Waals surface area contributed by atoms with Gasteiger partial charge in [-0.15, -0.1) is 0 Å². The molecular formula is C43H17F15N4. The third-order valence-electron chi connectivity index (χ3n) is 10.3. The number of hydrogen-bond donors (Lipinski definition) is 0. The number of nitrogens with zero attached hydrogens (tertiary/aromatic N) is 4. The fourth-order valence-corrected chi connectivity index (χ4v) is 7.54. The fourth-order valence-electron chi connectivity index (χ4n) is 7.54. The molecule has 6 aromatic carbocycles. The molecule has 8 rings (SSSR count). The van der Waals surface area contributed by atoms with E-state index < -0.39 is 114 Å². The summed E-state index contributed by atoms with van der Waals surface area (Å²) in [5.74, 6) is 0. The molecule has 19 heteroatoms. The molecule has 0 unspecified atom stereocenters. The van der Waals surface area contributed by atoms with Crippen LogP contribution in [0.4, 0.5) is 65.9 Å². The molecule has 0 saturated carbocycles. The van der Waals surface area contributed by atoms with Gasteiger partial charge in [-0.2, -0.15) is 76.4 Å². The third-order valence-corrected chi connectivity index (χ3v) is 10.3. The van der Waals surface area contributed by atoms with Crippen molar-refractivity contribution in [3.63, 3.8) is 0 Å². The Labute approximate surface area is 336 Å². The van der Waals surface area contributed by atoms with Crippen LogP contribution in [0.2, 0.25) is 0 Å². The molecule has 8 aromatic rings. The summed E-state index contributed by atoms with van der Waals surface area (Å²) in [5, 5.41) is 20.1. The van der Waals surface area contributed by atoms with Gasteiger partial charge in [-0.25, -0.2) is 0 Å². The van der Waals surface area contributed by atoms with E-state index in [1.54, 1.807) is 6.07 Å². The van der Waals surface area contributed by atoms with Crippen molar-refractivity contribution in [1.29, 1.82) is 10.5 Å². The first-order chi connectivity index (χ1) is 28.8. The molecule has 0 N–H and O–H groups in total. The van der Waals surface area contributed by atoms with E-state index in [9.17, 15) is 76.4 Å². The van der Waals surface area contributed by atoms with E-state index in [1.165, 1.54) is 6.07 Å². The van der Waals surface area contributed by atoms with Gasteiger partial charge in [0.05, 0.1) is 78.5 Å². The Balaban J connectivity index is 1.60. The predicted octanol–water partition coefficient (Wildman–Crippen LogP) is 14.4. The van der Waals surface area contributed by atoms with Gasteiger partial charge in [0, 0.05) is 27.1 Å². The van der Waals surface area contributed by atoms with Crippen molar-refractivity contribution in [3.05, 3.63) is 142 Å². The van der Waals surface area contributed by atoms with E-state index in [1.807, 2.05) is 0 Å². The summed E-state index contributed by atoms with van der Waals surface area (Å²) in [6.45, 7) is 0. The summed E-state index contributed by atoms with van der Waals surface area (Å²) >= 11 is 0. The maximum atomic E-state index is 14.4. The summed E-state index contributed by atoms with van der Waals surface area (Å²) in [5.41, 5.74) is -12.1. The summed E-state index contributed by atoms with van der Waals surface area (Å²) in [6.07, 6.45) is -25.4. The van der Waals surface area contributed by atoms with Crippen LogP contribution in [0.1, 0.15) is 38.9 Å². The Bertz CT molecular complexity index is 3110. The first kappa shape index (κ1) is 41.6. The zero-order valence-electron chi connectivity index (χ0n) is 30.3. The number of fused-ring (bicyclic) bond motifs is 6. The van der Waals surface area contributed by atoms with Crippen LogP contribution in [0.25, 0.3) is 66.1 Å². The van der Waals surface area contributed by atoms with Gasteiger partial charge in [-0.3, -0.25) is 0 Å². The fraction of sp³-hybridized carbons (Fsp3) is 0.116. The van der Waals surface area contributed by atoms with Crippen LogP contribution in [-0.4, -0.2) is 9.13 Å². The maximum absolute atomic E-state index is 14.4. The Morgan fingerprint density at radius 3 is 1.03 bits per heavy atom. The molecular weight excluding hydrogens is 857 g/mol. The van der Waals surface area contributed by atoms with Crippen molar-refractivity contribution in [2.45, 2.75) is 30.9 Å².